The van der Waals surface area contributed by atoms with Crippen LogP contribution in [0.4, 0.5) is 0 Å². The summed E-state index contributed by atoms with van der Waals surface area (Å²) in [7, 11) is 3.00. The summed E-state index contributed by atoms with van der Waals surface area (Å²) >= 11 is 6.23. The zero-order valence-electron chi connectivity index (χ0n) is 19.0. The third kappa shape index (κ3) is 4.99. The van der Waals surface area contributed by atoms with Crippen molar-refractivity contribution in [1.29, 1.82) is 0 Å². The monoisotopic (exact) mass is 479 g/mol. The van der Waals surface area contributed by atoms with Crippen LogP contribution in [-0.2, 0) is 0 Å². The Labute approximate surface area is 203 Å². The van der Waals surface area contributed by atoms with Crippen molar-refractivity contribution in [3.05, 3.63) is 88.6 Å². The summed E-state index contributed by atoms with van der Waals surface area (Å²) in [6.45, 7) is 0.939. The molecule has 1 N–H and O–H groups in total. The first-order valence-electron chi connectivity index (χ1n) is 11.0. The summed E-state index contributed by atoms with van der Waals surface area (Å²) in [6, 6.07) is 18.4. The predicted octanol–water partition coefficient (Wildman–Crippen LogP) is 4.18. The van der Waals surface area contributed by atoms with Gasteiger partial charge in [0.2, 0.25) is 0 Å². The number of piperidine rings is 1. The Bertz CT molecular complexity index is 1170. The number of hydrogen-bond donors (Lipinski definition) is 1. The minimum Gasteiger partial charge on any atom is -0.491 e. The van der Waals surface area contributed by atoms with Crippen molar-refractivity contribution in [3.63, 3.8) is 0 Å². The van der Waals surface area contributed by atoms with Gasteiger partial charge in [0.25, 0.3) is 17.7 Å². The smallest absolute Gasteiger partial charge is 0.256 e. The second kappa shape index (κ2) is 10.6. The molecule has 7 nitrogen and oxygen atoms in total. The van der Waals surface area contributed by atoms with Gasteiger partial charge in [0.15, 0.2) is 5.75 Å². The molecule has 3 aromatic rings. The summed E-state index contributed by atoms with van der Waals surface area (Å²) < 4.78 is 10.5. The lowest BCUT2D eigenvalue weighted by Crippen LogP contribution is -2.51. The zero-order valence-corrected chi connectivity index (χ0v) is 19.8. The highest BCUT2D eigenvalue weighted by Crippen LogP contribution is 2.30. The number of methoxy groups -OCH3 is 2. The Morgan fingerprint density at radius 1 is 1.06 bits per heavy atom. The molecule has 1 aliphatic rings. The lowest BCUT2D eigenvalue weighted by Gasteiger charge is -2.39. The largest absolute Gasteiger partial charge is 0.491 e. The minimum absolute atomic E-state index is 0.0848. The maximum Gasteiger partial charge on any atom is 0.256 e. The van der Waals surface area contributed by atoms with Gasteiger partial charge in [-0.25, -0.2) is 4.98 Å². The molecule has 0 saturated carbocycles. The van der Waals surface area contributed by atoms with E-state index in [0.29, 0.717) is 47.3 Å². The Morgan fingerprint density at radius 3 is 2.50 bits per heavy atom. The molecule has 0 bridgehead atoms. The van der Waals surface area contributed by atoms with E-state index in [0.717, 1.165) is 5.56 Å². The highest BCUT2D eigenvalue weighted by Gasteiger charge is 2.34. The van der Waals surface area contributed by atoms with Crippen molar-refractivity contribution in [3.8, 4) is 11.6 Å². The molecule has 1 aromatic heterocycles. The van der Waals surface area contributed by atoms with E-state index in [-0.39, 0.29) is 23.8 Å². The average molecular weight is 480 g/mol. The van der Waals surface area contributed by atoms with Crippen molar-refractivity contribution in [1.82, 2.24) is 15.2 Å². The van der Waals surface area contributed by atoms with Crippen LogP contribution >= 0.6 is 11.6 Å². The number of aromatic nitrogens is 1. The first-order valence-corrected chi connectivity index (χ1v) is 11.4. The fraction of sp³-hybridized carbons (Fsp3) is 0.269. The van der Waals surface area contributed by atoms with Gasteiger partial charge in [0.1, 0.15) is 0 Å². The van der Waals surface area contributed by atoms with Gasteiger partial charge in [-0.3, -0.25) is 9.59 Å². The number of amides is 2. The van der Waals surface area contributed by atoms with Crippen molar-refractivity contribution in [2.75, 3.05) is 27.3 Å². The molecule has 0 unspecified atom stereocenters. The van der Waals surface area contributed by atoms with Crippen molar-refractivity contribution in [2.24, 2.45) is 0 Å². The SMILES string of the molecule is COc1cc(C(=O)N2CC[C@@H](NC(=O)c3ccccc3Cl)[C@@H](c3ccccc3)C2)cnc1OC. The zero-order chi connectivity index (χ0) is 24.1. The number of rotatable bonds is 6. The third-order valence-corrected chi connectivity index (χ3v) is 6.37. The fourth-order valence-corrected chi connectivity index (χ4v) is 4.49. The number of carbonyl (C=O) groups excluding carboxylic acids is 2. The molecule has 2 heterocycles. The molecule has 2 atom stereocenters. The lowest BCUT2D eigenvalue weighted by atomic mass is 9.85. The molecule has 1 saturated heterocycles. The molecule has 0 spiro atoms. The second-order valence-corrected chi connectivity index (χ2v) is 8.46. The van der Waals surface area contributed by atoms with E-state index >= 15 is 0 Å². The van der Waals surface area contributed by atoms with Gasteiger partial charge < -0.3 is 19.7 Å². The van der Waals surface area contributed by atoms with E-state index in [4.69, 9.17) is 21.1 Å². The molecule has 4 rings (SSSR count). The molecule has 2 amide bonds. The van der Waals surface area contributed by atoms with E-state index in [9.17, 15) is 9.59 Å². The van der Waals surface area contributed by atoms with E-state index in [1.807, 2.05) is 30.3 Å². The van der Waals surface area contributed by atoms with Gasteiger partial charge >= 0.3 is 0 Å². The Morgan fingerprint density at radius 2 is 1.79 bits per heavy atom. The van der Waals surface area contributed by atoms with E-state index in [2.05, 4.69) is 10.3 Å². The van der Waals surface area contributed by atoms with Crippen molar-refractivity contribution < 1.29 is 19.1 Å². The average Bonchev–Trinajstić information content (AvgIpc) is 2.88. The predicted molar refractivity (Wildman–Crippen MR) is 130 cm³/mol. The number of carbonyl (C=O) groups is 2. The summed E-state index contributed by atoms with van der Waals surface area (Å²) in [5.41, 5.74) is 1.91. The van der Waals surface area contributed by atoms with Crippen molar-refractivity contribution in [2.45, 2.75) is 18.4 Å². The van der Waals surface area contributed by atoms with E-state index < -0.39 is 0 Å². The number of ether oxygens (including phenoxy) is 2. The topological polar surface area (TPSA) is 80.8 Å². The highest BCUT2D eigenvalue weighted by molar-refractivity contribution is 6.33. The van der Waals surface area contributed by atoms with Crippen LogP contribution in [0.2, 0.25) is 5.02 Å². The fourth-order valence-electron chi connectivity index (χ4n) is 4.27. The molecular weight excluding hydrogens is 454 g/mol. The molecule has 0 aliphatic carbocycles. The maximum atomic E-state index is 13.3. The molecule has 8 heteroatoms. The summed E-state index contributed by atoms with van der Waals surface area (Å²) in [6.07, 6.45) is 2.09. The van der Waals surface area contributed by atoms with Crippen LogP contribution in [0.3, 0.4) is 0 Å². The molecular formula is C26H26ClN3O4. The molecule has 0 radical (unpaired) electrons. The number of pyridine rings is 1. The molecule has 176 valence electrons. The van der Waals surface area contributed by atoms with Crippen LogP contribution in [0.1, 0.15) is 38.6 Å². The van der Waals surface area contributed by atoms with Gasteiger partial charge in [-0.15, -0.1) is 0 Å². The van der Waals surface area contributed by atoms with Gasteiger partial charge in [0.05, 0.1) is 30.4 Å². The Balaban J connectivity index is 1.56. The van der Waals surface area contributed by atoms with Crippen LogP contribution in [0, 0.1) is 0 Å². The summed E-state index contributed by atoms with van der Waals surface area (Å²) in [5.74, 6) is 0.265. The molecule has 1 fully saturated rings. The highest BCUT2D eigenvalue weighted by atomic mass is 35.5. The second-order valence-electron chi connectivity index (χ2n) is 8.05. The lowest BCUT2D eigenvalue weighted by molar-refractivity contribution is 0.0670. The summed E-state index contributed by atoms with van der Waals surface area (Å²) in [4.78, 5) is 32.3. The standard InChI is InChI=1S/C26H26ClN3O4/c1-33-23-14-18(15-28-25(23)34-2)26(32)30-13-12-22(20(16-30)17-8-4-3-5-9-17)29-24(31)19-10-6-7-11-21(19)27/h3-11,14-15,20,22H,12-13,16H2,1-2H3,(H,29,31)/t20-,22-/m1/s1. The Hall–Kier alpha value is -3.58. The van der Waals surface area contributed by atoms with Gasteiger partial charge in [0, 0.05) is 37.3 Å². The molecule has 34 heavy (non-hydrogen) atoms. The number of halogens is 1. The van der Waals surface area contributed by atoms with Gasteiger partial charge in [-0.2, -0.15) is 0 Å². The maximum absolute atomic E-state index is 13.3. The Kier molecular flexibility index (Phi) is 7.33. The normalized spacial score (nSPS) is 17.7. The van der Waals surface area contributed by atoms with Crippen LogP contribution in [0.25, 0.3) is 0 Å². The van der Waals surface area contributed by atoms with Crippen LogP contribution in [0.5, 0.6) is 11.6 Å². The number of benzene rings is 2. The minimum atomic E-state index is -0.222. The van der Waals surface area contributed by atoms with Crippen LogP contribution in [0.15, 0.2) is 66.9 Å². The van der Waals surface area contributed by atoms with Crippen molar-refractivity contribution >= 4 is 23.4 Å². The molecule has 1 aliphatic heterocycles. The number of hydrogen-bond acceptors (Lipinski definition) is 5. The third-order valence-electron chi connectivity index (χ3n) is 6.04. The summed E-state index contributed by atoms with van der Waals surface area (Å²) in [5, 5.41) is 3.55. The van der Waals surface area contributed by atoms with Gasteiger partial charge in [-0.1, -0.05) is 54.1 Å². The quantitative estimate of drug-likeness (QED) is 0.573. The van der Waals surface area contributed by atoms with E-state index in [1.165, 1.54) is 20.4 Å². The van der Waals surface area contributed by atoms with Crippen LogP contribution < -0.4 is 14.8 Å². The first kappa shape index (κ1) is 23.6. The van der Waals surface area contributed by atoms with E-state index in [1.54, 1.807) is 35.2 Å². The number of likely N-dealkylation sites (tertiary alicyclic amines) is 1. The number of nitrogens with one attached hydrogen (secondary N) is 1. The number of nitrogens with zero attached hydrogens (tertiary/aromatic N) is 2. The first-order chi connectivity index (χ1) is 16.5. The molecule has 2 aromatic carbocycles. The van der Waals surface area contributed by atoms with Crippen LogP contribution in [-0.4, -0.2) is 55.0 Å². The van der Waals surface area contributed by atoms with Gasteiger partial charge in [-0.05, 0) is 24.1 Å².